The van der Waals surface area contributed by atoms with Gasteiger partial charge in [-0.3, -0.25) is 4.79 Å². The van der Waals surface area contributed by atoms with Gasteiger partial charge in [0.15, 0.2) is 0 Å². The fraction of sp³-hybridized carbons (Fsp3) is 0.500. The lowest BCUT2D eigenvalue weighted by atomic mass is 9.94. The summed E-state index contributed by atoms with van der Waals surface area (Å²) in [5, 5.41) is 3.74. The highest BCUT2D eigenvalue weighted by Gasteiger charge is 2.36. The van der Waals surface area contributed by atoms with Crippen molar-refractivity contribution in [3.8, 4) is 0 Å². The van der Waals surface area contributed by atoms with Gasteiger partial charge in [0.05, 0.1) is 29.9 Å². The van der Waals surface area contributed by atoms with Crippen LogP contribution in [0.25, 0.3) is 0 Å². The molecule has 1 aliphatic heterocycles. The summed E-state index contributed by atoms with van der Waals surface area (Å²) in [7, 11) is -2.34. The lowest BCUT2D eigenvalue weighted by Gasteiger charge is -2.27. The maximum absolute atomic E-state index is 12.6. The highest BCUT2D eigenvalue weighted by Crippen LogP contribution is 2.32. The van der Waals surface area contributed by atoms with Gasteiger partial charge in [-0.2, -0.15) is 0 Å². The standard InChI is InChI=1S/C14H18ClIN2O4S/c1-18(23(2,20)21)14(19)10-8-17-5-6-22-13(10)9-3-4-11(15)12(16)7-9/h3-4,7,10,13,17H,5-6,8H2,1-2H3/t10-,13+/m1/s1. The van der Waals surface area contributed by atoms with E-state index in [4.69, 9.17) is 16.3 Å². The van der Waals surface area contributed by atoms with Crippen molar-refractivity contribution in [3.63, 3.8) is 0 Å². The quantitative estimate of drug-likeness (QED) is 0.677. The zero-order valence-electron chi connectivity index (χ0n) is 12.8. The second kappa shape index (κ2) is 7.64. The molecule has 0 aromatic heterocycles. The predicted molar refractivity (Wildman–Crippen MR) is 96.8 cm³/mol. The molecule has 1 amide bonds. The average Bonchev–Trinajstić information content (AvgIpc) is 2.73. The molecule has 1 saturated heterocycles. The van der Waals surface area contributed by atoms with Crippen LogP contribution < -0.4 is 5.32 Å². The number of sulfonamides is 1. The molecule has 23 heavy (non-hydrogen) atoms. The van der Waals surface area contributed by atoms with Gasteiger partial charge in [-0.1, -0.05) is 17.7 Å². The van der Waals surface area contributed by atoms with Crippen LogP contribution in [0.3, 0.4) is 0 Å². The Morgan fingerprint density at radius 3 is 2.78 bits per heavy atom. The normalized spacial score (nSPS) is 22.4. The molecule has 2 rings (SSSR count). The lowest BCUT2D eigenvalue weighted by Crippen LogP contribution is -2.42. The number of hydrogen-bond acceptors (Lipinski definition) is 5. The highest BCUT2D eigenvalue weighted by atomic mass is 127. The number of amides is 1. The third kappa shape index (κ3) is 4.56. The number of carbonyl (C=O) groups is 1. The summed E-state index contributed by atoms with van der Waals surface area (Å²) in [6.07, 6.45) is 0.489. The van der Waals surface area contributed by atoms with Crippen LogP contribution in [0.2, 0.25) is 5.02 Å². The van der Waals surface area contributed by atoms with E-state index < -0.39 is 28.0 Å². The van der Waals surface area contributed by atoms with Crippen LogP contribution in [-0.2, 0) is 19.6 Å². The van der Waals surface area contributed by atoms with Gasteiger partial charge in [0, 0.05) is 23.7 Å². The van der Waals surface area contributed by atoms with Crippen LogP contribution in [0.5, 0.6) is 0 Å². The number of nitrogens with one attached hydrogen (secondary N) is 1. The minimum absolute atomic E-state index is 0.350. The van der Waals surface area contributed by atoms with Gasteiger partial charge in [-0.15, -0.1) is 0 Å². The number of benzene rings is 1. The molecule has 1 N–H and O–H groups in total. The molecule has 0 radical (unpaired) electrons. The Bertz CT molecular complexity index is 698. The summed E-state index contributed by atoms with van der Waals surface area (Å²) >= 11 is 8.16. The molecule has 1 aromatic carbocycles. The van der Waals surface area contributed by atoms with Crippen LogP contribution >= 0.6 is 34.2 Å². The molecule has 0 unspecified atom stereocenters. The second-order valence-corrected chi connectivity index (χ2v) is 8.93. The summed E-state index contributed by atoms with van der Waals surface area (Å²) in [5.41, 5.74) is 0.808. The first-order valence-corrected chi connectivity index (χ1v) is 10.3. The largest absolute Gasteiger partial charge is 0.371 e. The van der Waals surface area contributed by atoms with Crippen molar-refractivity contribution in [1.29, 1.82) is 0 Å². The summed E-state index contributed by atoms with van der Waals surface area (Å²) in [6, 6.07) is 5.42. The molecule has 9 heteroatoms. The van der Waals surface area contributed by atoms with E-state index in [0.717, 1.165) is 19.7 Å². The maximum Gasteiger partial charge on any atom is 0.243 e. The van der Waals surface area contributed by atoms with Gasteiger partial charge < -0.3 is 10.1 Å². The molecule has 6 nitrogen and oxygen atoms in total. The minimum atomic E-state index is -3.61. The van der Waals surface area contributed by atoms with Crippen LogP contribution in [0.4, 0.5) is 0 Å². The van der Waals surface area contributed by atoms with Gasteiger partial charge in [-0.05, 0) is 40.3 Å². The van der Waals surface area contributed by atoms with Gasteiger partial charge in [0.2, 0.25) is 15.9 Å². The van der Waals surface area contributed by atoms with Crippen molar-refractivity contribution < 1.29 is 17.9 Å². The molecule has 128 valence electrons. The Morgan fingerprint density at radius 1 is 1.48 bits per heavy atom. The summed E-state index contributed by atoms with van der Waals surface area (Å²) in [4.78, 5) is 12.6. The minimum Gasteiger partial charge on any atom is -0.371 e. The molecule has 0 aliphatic carbocycles. The Balaban J connectivity index is 2.37. The second-order valence-electron chi connectivity index (χ2n) is 5.34. The van der Waals surface area contributed by atoms with E-state index in [0.29, 0.717) is 24.7 Å². The van der Waals surface area contributed by atoms with E-state index in [9.17, 15) is 13.2 Å². The third-order valence-electron chi connectivity index (χ3n) is 3.70. The predicted octanol–water partition coefficient (Wildman–Crippen LogP) is 1.64. The van der Waals surface area contributed by atoms with Gasteiger partial charge >= 0.3 is 0 Å². The van der Waals surface area contributed by atoms with Crippen LogP contribution in [0.15, 0.2) is 18.2 Å². The molecule has 2 atom stereocenters. The average molecular weight is 473 g/mol. The third-order valence-corrected chi connectivity index (χ3v) is 6.42. The van der Waals surface area contributed by atoms with Crippen LogP contribution in [0.1, 0.15) is 11.7 Å². The monoisotopic (exact) mass is 472 g/mol. The Hall–Kier alpha value is -0.420. The summed E-state index contributed by atoms with van der Waals surface area (Å²) in [6.45, 7) is 1.40. The number of hydrogen-bond donors (Lipinski definition) is 1. The van der Waals surface area contributed by atoms with E-state index in [1.165, 1.54) is 7.05 Å². The highest BCUT2D eigenvalue weighted by molar-refractivity contribution is 14.1. The van der Waals surface area contributed by atoms with Crippen molar-refractivity contribution in [1.82, 2.24) is 9.62 Å². The Labute approximate surface area is 154 Å². The molecule has 1 fully saturated rings. The van der Waals surface area contributed by atoms with Gasteiger partial charge in [-0.25, -0.2) is 12.7 Å². The van der Waals surface area contributed by atoms with Crippen molar-refractivity contribution in [2.75, 3.05) is 33.0 Å². The maximum atomic E-state index is 12.6. The molecular weight excluding hydrogens is 455 g/mol. The Morgan fingerprint density at radius 2 is 2.17 bits per heavy atom. The van der Waals surface area contributed by atoms with E-state index >= 15 is 0 Å². The first kappa shape index (κ1) is 18.9. The van der Waals surface area contributed by atoms with Crippen molar-refractivity contribution in [3.05, 3.63) is 32.4 Å². The summed E-state index contributed by atoms with van der Waals surface area (Å²) < 4.78 is 30.8. The fourth-order valence-electron chi connectivity index (χ4n) is 2.37. The molecule has 0 bridgehead atoms. The Kier molecular flexibility index (Phi) is 6.28. The number of halogens is 2. The van der Waals surface area contributed by atoms with E-state index in [-0.39, 0.29) is 0 Å². The molecule has 1 aliphatic rings. The van der Waals surface area contributed by atoms with Gasteiger partial charge in [0.1, 0.15) is 0 Å². The van der Waals surface area contributed by atoms with E-state index in [1.54, 1.807) is 12.1 Å². The van der Waals surface area contributed by atoms with E-state index in [1.807, 2.05) is 6.07 Å². The smallest absolute Gasteiger partial charge is 0.243 e. The summed E-state index contributed by atoms with van der Waals surface area (Å²) in [5.74, 6) is -1.12. The topological polar surface area (TPSA) is 75.7 Å². The number of carbonyl (C=O) groups excluding carboxylic acids is 1. The van der Waals surface area contributed by atoms with Crippen LogP contribution in [-0.4, -0.2) is 51.6 Å². The zero-order chi connectivity index (χ0) is 17.2. The van der Waals surface area contributed by atoms with Crippen LogP contribution in [0, 0.1) is 9.49 Å². The molecular formula is C14H18ClIN2O4S. The van der Waals surface area contributed by atoms with E-state index in [2.05, 4.69) is 27.9 Å². The van der Waals surface area contributed by atoms with Crippen molar-refractivity contribution in [2.24, 2.45) is 5.92 Å². The zero-order valence-corrected chi connectivity index (χ0v) is 16.5. The number of rotatable bonds is 3. The molecule has 1 heterocycles. The first-order chi connectivity index (χ1) is 10.7. The molecule has 0 saturated carbocycles. The van der Waals surface area contributed by atoms with Gasteiger partial charge in [0.25, 0.3) is 0 Å². The van der Waals surface area contributed by atoms with Crippen molar-refractivity contribution in [2.45, 2.75) is 6.10 Å². The SMILES string of the molecule is CN(C(=O)[C@@H]1CNCCO[C@H]1c1ccc(Cl)c(I)c1)S(C)(=O)=O. The lowest BCUT2D eigenvalue weighted by molar-refractivity contribution is -0.134. The molecule has 0 spiro atoms. The molecule has 1 aromatic rings. The number of nitrogens with zero attached hydrogens (tertiary/aromatic N) is 1. The first-order valence-electron chi connectivity index (χ1n) is 6.97. The van der Waals surface area contributed by atoms with Crippen molar-refractivity contribution >= 4 is 50.1 Å². The fourth-order valence-corrected chi connectivity index (χ4v) is 3.49. The number of ether oxygens (including phenoxy) is 1.